The van der Waals surface area contributed by atoms with E-state index in [-0.39, 0.29) is 17.3 Å². The number of ether oxygens (including phenoxy) is 2. The molecular weight excluding hydrogens is 480 g/mol. The van der Waals surface area contributed by atoms with Crippen molar-refractivity contribution in [3.8, 4) is 28.4 Å². The van der Waals surface area contributed by atoms with E-state index in [1.54, 1.807) is 36.0 Å². The number of rotatable bonds is 7. The summed E-state index contributed by atoms with van der Waals surface area (Å²) >= 11 is 0. The second-order valence-corrected chi connectivity index (χ2v) is 7.91. The molecule has 0 bridgehead atoms. The van der Waals surface area contributed by atoms with Gasteiger partial charge in [0.05, 0.1) is 11.2 Å². The third-order valence-electron chi connectivity index (χ3n) is 5.43. The SMILES string of the molecule is Cn1cc2cc(-c3cc4ccc(OCC(F)F)nc4n(-c4ccc(OC(F)F)cc4)c3=O)ccc2n1. The Hall–Kier alpha value is -4.41. The van der Waals surface area contributed by atoms with Gasteiger partial charge < -0.3 is 9.47 Å². The van der Waals surface area contributed by atoms with Gasteiger partial charge in [0, 0.05) is 35.6 Å². The van der Waals surface area contributed by atoms with Gasteiger partial charge in [-0.1, -0.05) is 6.07 Å². The van der Waals surface area contributed by atoms with Gasteiger partial charge in [-0.05, 0) is 54.1 Å². The van der Waals surface area contributed by atoms with Crippen LogP contribution in [0.25, 0.3) is 38.8 Å². The van der Waals surface area contributed by atoms with Crippen LogP contribution in [-0.2, 0) is 7.05 Å². The normalized spacial score (nSPS) is 11.6. The molecule has 0 aliphatic heterocycles. The van der Waals surface area contributed by atoms with Crippen molar-refractivity contribution in [1.82, 2.24) is 19.3 Å². The Morgan fingerprint density at radius 3 is 2.44 bits per heavy atom. The first-order chi connectivity index (χ1) is 17.3. The molecule has 0 aliphatic carbocycles. The number of alkyl halides is 4. The minimum absolute atomic E-state index is 0.0850. The Morgan fingerprint density at radius 2 is 1.72 bits per heavy atom. The molecule has 5 aromatic rings. The summed E-state index contributed by atoms with van der Waals surface area (Å²) in [6.45, 7) is -3.85. The molecule has 0 saturated carbocycles. The van der Waals surface area contributed by atoms with Crippen LogP contribution >= 0.6 is 0 Å². The Labute approximate surface area is 201 Å². The van der Waals surface area contributed by atoms with Crippen LogP contribution in [0.4, 0.5) is 17.6 Å². The average molecular weight is 498 g/mol. The van der Waals surface area contributed by atoms with E-state index in [0.717, 1.165) is 10.9 Å². The van der Waals surface area contributed by atoms with Crippen molar-refractivity contribution in [2.24, 2.45) is 7.05 Å². The Balaban J connectivity index is 1.70. The van der Waals surface area contributed by atoms with E-state index in [4.69, 9.17) is 4.74 Å². The third kappa shape index (κ3) is 4.59. The smallest absolute Gasteiger partial charge is 0.387 e. The van der Waals surface area contributed by atoms with Crippen molar-refractivity contribution in [1.29, 1.82) is 0 Å². The van der Waals surface area contributed by atoms with Crippen LogP contribution in [0, 0.1) is 0 Å². The highest BCUT2D eigenvalue weighted by atomic mass is 19.3. The number of fused-ring (bicyclic) bond motifs is 2. The Kier molecular flexibility index (Phi) is 6.05. The van der Waals surface area contributed by atoms with Crippen molar-refractivity contribution in [3.63, 3.8) is 0 Å². The second-order valence-electron chi connectivity index (χ2n) is 7.91. The molecule has 36 heavy (non-hydrogen) atoms. The fourth-order valence-electron chi connectivity index (χ4n) is 3.94. The first-order valence-corrected chi connectivity index (χ1v) is 10.8. The fraction of sp³-hybridized carbons (Fsp3) is 0.160. The fourth-order valence-corrected chi connectivity index (χ4v) is 3.94. The summed E-state index contributed by atoms with van der Waals surface area (Å²) in [5.41, 5.74) is 1.76. The summed E-state index contributed by atoms with van der Waals surface area (Å²) in [4.78, 5) is 18.0. The van der Waals surface area contributed by atoms with Crippen LogP contribution in [0.2, 0.25) is 0 Å². The van der Waals surface area contributed by atoms with Gasteiger partial charge in [0.2, 0.25) is 5.88 Å². The largest absolute Gasteiger partial charge is 0.472 e. The van der Waals surface area contributed by atoms with Gasteiger partial charge in [-0.2, -0.15) is 18.9 Å². The minimum atomic E-state index is -3.00. The van der Waals surface area contributed by atoms with Gasteiger partial charge >= 0.3 is 6.61 Å². The maximum atomic E-state index is 13.8. The van der Waals surface area contributed by atoms with Gasteiger partial charge in [-0.3, -0.25) is 14.0 Å². The summed E-state index contributed by atoms with van der Waals surface area (Å²) in [7, 11) is 1.80. The number of benzene rings is 2. The predicted molar refractivity (Wildman–Crippen MR) is 125 cm³/mol. The van der Waals surface area contributed by atoms with Gasteiger partial charge in [0.1, 0.15) is 5.75 Å². The molecule has 0 radical (unpaired) electrons. The topological polar surface area (TPSA) is 71.2 Å². The Bertz CT molecular complexity index is 1610. The lowest BCUT2D eigenvalue weighted by molar-refractivity contribution is -0.0498. The first kappa shape index (κ1) is 23.3. The molecule has 7 nitrogen and oxygen atoms in total. The number of pyridine rings is 2. The van der Waals surface area contributed by atoms with Gasteiger partial charge in [0.25, 0.3) is 12.0 Å². The summed E-state index contributed by atoms with van der Waals surface area (Å²) in [6.07, 6.45) is -0.870. The molecule has 0 amide bonds. The quantitative estimate of drug-likeness (QED) is 0.289. The molecule has 0 spiro atoms. The number of aromatic nitrogens is 4. The van der Waals surface area contributed by atoms with Crippen LogP contribution in [-0.4, -0.2) is 39.0 Å². The zero-order valence-electron chi connectivity index (χ0n) is 18.7. The van der Waals surface area contributed by atoms with Crippen molar-refractivity contribution < 1.29 is 27.0 Å². The standard InChI is InChI=1S/C25H18F4N4O3/c1-32-12-16-10-14(2-8-20(16)31-32)19-11-15-3-9-22(35-13-21(26)27)30-23(15)33(24(19)34)17-4-6-18(7-5-17)36-25(28)29/h2-12,21,25H,13H2,1H3. The molecule has 11 heteroatoms. The average Bonchev–Trinajstić information content (AvgIpc) is 3.22. The molecule has 0 saturated heterocycles. The molecular formula is C25H18F4N4O3. The molecule has 0 unspecified atom stereocenters. The van der Waals surface area contributed by atoms with E-state index in [2.05, 4.69) is 14.8 Å². The molecule has 0 N–H and O–H groups in total. The van der Waals surface area contributed by atoms with Crippen molar-refractivity contribution in [3.05, 3.63) is 77.2 Å². The Morgan fingerprint density at radius 1 is 0.944 bits per heavy atom. The van der Waals surface area contributed by atoms with Gasteiger partial charge in [-0.15, -0.1) is 0 Å². The van der Waals surface area contributed by atoms with Crippen molar-refractivity contribution in [2.45, 2.75) is 13.0 Å². The molecule has 0 fully saturated rings. The van der Waals surface area contributed by atoms with Crippen LogP contribution in [0.1, 0.15) is 0 Å². The van der Waals surface area contributed by atoms with Crippen LogP contribution in [0.15, 0.2) is 71.7 Å². The van der Waals surface area contributed by atoms with E-state index in [9.17, 15) is 22.4 Å². The summed E-state index contributed by atoms with van der Waals surface area (Å²) in [6, 6.07) is 15.6. The lowest BCUT2D eigenvalue weighted by Crippen LogP contribution is -2.21. The number of hydrogen-bond donors (Lipinski definition) is 0. The highest BCUT2D eigenvalue weighted by Crippen LogP contribution is 2.27. The molecule has 3 heterocycles. The molecule has 3 aromatic heterocycles. The van der Waals surface area contributed by atoms with E-state index < -0.39 is 25.2 Å². The van der Waals surface area contributed by atoms with Crippen LogP contribution in [0.5, 0.6) is 11.6 Å². The highest BCUT2D eigenvalue weighted by Gasteiger charge is 2.16. The van der Waals surface area contributed by atoms with Gasteiger partial charge in [-0.25, -0.2) is 8.78 Å². The lowest BCUT2D eigenvalue weighted by Gasteiger charge is -2.14. The zero-order chi connectivity index (χ0) is 25.4. The number of aryl methyl sites for hydroxylation is 1. The first-order valence-electron chi connectivity index (χ1n) is 10.8. The molecule has 0 atom stereocenters. The summed E-state index contributed by atoms with van der Waals surface area (Å²) in [5.74, 6) is -0.170. The monoisotopic (exact) mass is 498 g/mol. The molecule has 2 aromatic carbocycles. The number of nitrogens with zero attached hydrogens (tertiary/aromatic N) is 4. The highest BCUT2D eigenvalue weighted by molar-refractivity contribution is 5.88. The molecule has 5 rings (SSSR count). The van der Waals surface area contributed by atoms with Crippen molar-refractivity contribution in [2.75, 3.05) is 6.61 Å². The summed E-state index contributed by atoms with van der Waals surface area (Å²) in [5, 5.41) is 5.72. The van der Waals surface area contributed by atoms with Crippen molar-refractivity contribution >= 4 is 21.9 Å². The second kappa shape index (κ2) is 9.33. The van der Waals surface area contributed by atoms with E-state index >= 15 is 0 Å². The lowest BCUT2D eigenvalue weighted by atomic mass is 10.0. The maximum Gasteiger partial charge on any atom is 0.387 e. The maximum absolute atomic E-state index is 13.8. The zero-order valence-corrected chi connectivity index (χ0v) is 18.7. The molecule has 184 valence electrons. The van der Waals surface area contributed by atoms with E-state index in [1.807, 2.05) is 12.3 Å². The van der Waals surface area contributed by atoms with Crippen LogP contribution in [0.3, 0.4) is 0 Å². The third-order valence-corrected chi connectivity index (χ3v) is 5.43. The van der Waals surface area contributed by atoms with Gasteiger partial charge in [0.15, 0.2) is 12.3 Å². The molecule has 0 aliphatic rings. The van der Waals surface area contributed by atoms with E-state index in [1.165, 1.54) is 34.9 Å². The predicted octanol–water partition coefficient (Wildman–Crippen LogP) is 5.18. The minimum Gasteiger partial charge on any atom is -0.472 e. The number of hydrogen-bond acceptors (Lipinski definition) is 5. The van der Waals surface area contributed by atoms with E-state index in [0.29, 0.717) is 22.2 Å². The summed E-state index contributed by atoms with van der Waals surface area (Å²) < 4.78 is 62.8. The van der Waals surface area contributed by atoms with Crippen LogP contribution < -0.4 is 15.0 Å². The number of halogens is 4.